The molecule has 3 aromatic rings. The van der Waals surface area contributed by atoms with E-state index in [1.807, 2.05) is 31.2 Å². The molecule has 2 aromatic carbocycles. The van der Waals surface area contributed by atoms with E-state index in [4.69, 9.17) is 16.1 Å². The van der Waals surface area contributed by atoms with Gasteiger partial charge in [-0.25, -0.2) is 4.39 Å². The molecule has 1 amide bonds. The summed E-state index contributed by atoms with van der Waals surface area (Å²) in [6, 6.07) is 13.0. The van der Waals surface area contributed by atoms with E-state index in [-0.39, 0.29) is 11.4 Å². The van der Waals surface area contributed by atoms with E-state index in [0.717, 1.165) is 11.1 Å². The van der Waals surface area contributed by atoms with E-state index in [1.165, 1.54) is 24.3 Å². The van der Waals surface area contributed by atoms with Gasteiger partial charge in [0.25, 0.3) is 5.91 Å². The average Bonchev–Trinajstić information content (AvgIpc) is 3.01. The summed E-state index contributed by atoms with van der Waals surface area (Å²) in [6.07, 6.45) is 0. The Hall–Kier alpha value is -2.66. The highest BCUT2D eigenvalue weighted by atomic mass is 35.5. The monoisotopic (exact) mass is 330 g/mol. The van der Waals surface area contributed by atoms with Crippen LogP contribution in [0.3, 0.4) is 0 Å². The molecule has 0 atom stereocenters. The van der Waals surface area contributed by atoms with Crippen molar-refractivity contribution in [3.8, 4) is 11.3 Å². The van der Waals surface area contributed by atoms with Gasteiger partial charge in [0.2, 0.25) is 0 Å². The minimum atomic E-state index is -0.579. The Morgan fingerprint density at radius 2 is 2.04 bits per heavy atom. The van der Waals surface area contributed by atoms with Crippen LogP contribution in [0.1, 0.15) is 16.1 Å². The van der Waals surface area contributed by atoms with Crippen LogP contribution in [0.25, 0.3) is 11.3 Å². The first kappa shape index (κ1) is 15.2. The summed E-state index contributed by atoms with van der Waals surface area (Å²) >= 11 is 5.79. The first-order chi connectivity index (χ1) is 11.0. The highest BCUT2D eigenvalue weighted by molar-refractivity contribution is 6.31. The zero-order valence-corrected chi connectivity index (χ0v) is 12.9. The van der Waals surface area contributed by atoms with E-state index in [2.05, 4.69) is 10.5 Å². The first-order valence-electron chi connectivity index (χ1n) is 6.83. The molecule has 1 aromatic heterocycles. The SMILES string of the molecule is Cc1cccc(-c2cc(C(=O)Nc3cc(Cl)ccc3F)no2)c1. The van der Waals surface area contributed by atoms with Crippen molar-refractivity contribution in [2.45, 2.75) is 6.92 Å². The van der Waals surface area contributed by atoms with E-state index in [1.54, 1.807) is 0 Å². The van der Waals surface area contributed by atoms with Crippen LogP contribution in [-0.2, 0) is 0 Å². The molecule has 0 unspecified atom stereocenters. The molecule has 0 aliphatic heterocycles. The Balaban J connectivity index is 1.82. The fourth-order valence-electron chi connectivity index (χ4n) is 2.10. The molecular formula is C17H12ClFN2O2. The lowest BCUT2D eigenvalue weighted by atomic mass is 10.1. The van der Waals surface area contributed by atoms with Gasteiger partial charge in [-0.3, -0.25) is 4.79 Å². The smallest absolute Gasteiger partial charge is 0.277 e. The number of anilines is 1. The maximum Gasteiger partial charge on any atom is 0.277 e. The number of carbonyl (C=O) groups excluding carboxylic acids is 1. The number of carbonyl (C=O) groups is 1. The zero-order valence-electron chi connectivity index (χ0n) is 12.1. The van der Waals surface area contributed by atoms with Gasteiger partial charge >= 0.3 is 0 Å². The molecule has 0 saturated carbocycles. The molecule has 0 radical (unpaired) electrons. The molecule has 23 heavy (non-hydrogen) atoms. The zero-order chi connectivity index (χ0) is 16.4. The number of halogens is 2. The second-order valence-corrected chi connectivity index (χ2v) is 5.46. The molecule has 3 rings (SSSR count). The third-order valence-electron chi connectivity index (χ3n) is 3.22. The van der Waals surface area contributed by atoms with Crippen LogP contribution in [0.5, 0.6) is 0 Å². The molecule has 1 heterocycles. The van der Waals surface area contributed by atoms with Gasteiger partial charge in [-0.2, -0.15) is 0 Å². The summed E-state index contributed by atoms with van der Waals surface area (Å²) in [7, 11) is 0. The molecule has 0 aliphatic rings. The maximum atomic E-state index is 13.6. The van der Waals surface area contributed by atoms with Gasteiger partial charge in [-0.1, -0.05) is 40.5 Å². The number of benzene rings is 2. The van der Waals surface area contributed by atoms with Crippen LogP contribution >= 0.6 is 11.6 Å². The van der Waals surface area contributed by atoms with Gasteiger partial charge in [0.1, 0.15) is 5.82 Å². The van der Waals surface area contributed by atoms with Crippen LogP contribution < -0.4 is 5.32 Å². The normalized spacial score (nSPS) is 10.6. The number of hydrogen-bond donors (Lipinski definition) is 1. The standard InChI is InChI=1S/C17H12ClFN2O2/c1-10-3-2-4-11(7-10)16-9-15(21-23-16)17(22)20-14-8-12(18)5-6-13(14)19/h2-9H,1H3,(H,20,22). The fraction of sp³-hybridized carbons (Fsp3) is 0.0588. The molecule has 116 valence electrons. The third-order valence-corrected chi connectivity index (χ3v) is 3.46. The lowest BCUT2D eigenvalue weighted by molar-refractivity contribution is 0.101. The quantitative estimate of drug-likeness (QED) is 0.757. The van der Waals surface area contributed by atoms with Crippen molar-refractivity contribution in [3.05, 3.63) is 70.6 Å². The summed E-state index contributed by atoms with van der Waals surface area (Å²) in [5.74, 6) is -0.690. The van der Waals surface area contributed by atoms with E-state index in [0.29, 0.717) is 10.8 Å². The number of rotatable bonds is 3. The Morgan fingerprint density at radius 3 is 2.83 bits per heavy atom. The summed E-state index contributed by atoms with van der Waals surface area (Å²) < 4.78 is 18.8. The van der Waals surface area contributed by atoms with Crippen LogP contribution in [0, 0.1) is 12.7 Å². The lowest BCUT2D eigenvalue weighted by Gasteiger charge is -2.04. The Kier molecular flexibility index (Phi) is 4.12. The first-order valence-corrected chi connectivity index (χ1v) is 7.21. The van der Waals surface area contributed by atoms with Gasteiger partial charge in [0, 0.05) is 16.7 Å². The summed E-state index contributed by atoms with van der Waals surface area (Å²) in [4.78, 5) is 12.1. The van der Waals surface area contributed by atoms with Gasteiger partial charge in [0.15, 0.2) is 11.5 Å². The Labute approximate surface area is 136 Å². The molecule has 0 fully saturated rings. The van der Waals surface area contributed by atoms with Gasteiger partial charge in [-0.15, -0.1) is 0 Å². The van der Waals surface area contributed by atoms with Gasteiger partial charge in [0.05, 0.1) is 5.69 Å². The van der Waals surface area contributed by atoms with Crippen molar-refractivity contribution in [2.24, 2.45) is 0 Å². The second kappa shape index (κ2) is 6.22. The van der Waals surface area contributed by atoms with Crippen LogP contribution in [0.2, 0.25) is 5.02 Å². The Morgan fingerprint density at radius 1 is 1.22 bits per heavy atom. The maximum absolute atomic E-state index is 13.6. The number of aryl methyl sites for hydroxylation is 1. The minimum Gasteiger partial charge on any atom is -0.355 e. The summed E-state index contributed by atoms with van der Waals surface area (Å²) in [5, 5.41) is 6.47. The van der Waals surface area contributed by atoms with Crippen molar-refractivity contribution in [1.29, 1.82) is 0 Å². The highest BCUT2D eigenvalue weighted by Gasteiger charge is 2.15. The van der Waals surface area contributed by atoms with E-state index in [9.17, 15) is 9.18 Å². The largest absolute Gasteiger partial charge is 0.355 e. The van der Waals surface area contributed by atoms with Crippen molar-refractivity contribution in [1.82, 2.24) is 5.16 Å². The van der Waals surface area contributed by atoms with Crippen molar-refractivity contribution >= 4 is 23.2 Å². The predicted octanol–water partition coefficient (Wildman–Crippen LogP) is 4.69. The summed E-state index contributed by atoms with van der Waals surface area (Å²) in [5.41, 5.74) is 1.92. The van der Waals surface area contributed by atoms with E-state index < -0.39 is 11.7 Å². The van der Waals surface area contributed by atoms with Crippen molar-refractivity contribution in [2.75, 3.05) is 5.32 Å². The van der Waals surface area contributed by atoms with Crippen molar-refractivity contribution < 1.29 is 13.7 Å². The fourth-order valence-corrected chi connectivity index (χ4v) is 2.27. The Bertz CT molecular complexity index is 877. The number of aromatic nitrogens is 1. The number of amides is 1. The van der Waals surface area contributed by atoms with Crippen LogP contribution in [-0.4, -0.2) is 11.1 Å². The van der Waals surface area contributed by atoms with Gasteiger partial charge < -0.3 is 9.84 Å². The topological polar surface area (TPSA) is 55.1 Å². The number of nitrogens with one attached hydrogen (secondary N) is 1. The molecule has 0 spiro atoms. The number of nitrogens with zero attached hydrogens (tertiary/aromatic N) is 1. The molecule has 4 nitrogen and oxygen atoms in total. The molecule has 0 aliphatic carbocycles. The summed E-state index contributed by atoms with van der Waals surface area (Å²) in [6.45, 7) is 1.95. The minimum absolute atomic E-state index is 0.0115. The average molecular weight is 331 g/mol. The molecule has 6 heteroatoms. The predicted molar refractivity (Wildman–Crippen MR) is 86.0 cm³/mol. The second-order valence-electron chi connectivity index (χ2n) is 5.02. The molecule has 0 saturated heterocycles. The van der Waals surface area contributed by atoms with Gasteiger partial charge in [-0.05, 0) is 31.2 Å². The third kappa shape index (κ3) is 3.40. The lowest BCUT2D eigenvalue weighted by Crippen LogP contribution is -2.13. The highest BCUT2D eigenvalue weighted by Crippen LogP contribution is 2.23. The molecular weight excluding hydrogens is 319 g/mol. The van der Waals surface area contributed by atoms with E-state index >= 15 is 0 Å². The van der Waals surface area contributed by atoms with Crippen molar-refractivity contribution in [3.63, 3.8) is 0 Å². The van der Waals surface area contributed by atoms with Crippen LogP contribution in [0.15, 0.2) is 53.1 Å². The molecule has 0 bridgehead atoms. The number of hydrogen-bond acceptors (Lipinski definition) is 3. The van der Waals surface area contributed by atoms with Crippen LogP contribution in [0.4, 0.5) is 10.1 Å². The molecule has 1 N–H and O–H groups in total.